The minimum absolute atomic E-state index is 0.0518. The van der Waals surface area contributed by atoms with E-state index in [4.69, 9.17) is 14.6 Å². The third-order valence-corrected chi connectivity index (χ3v) is 5.84. The number of nitrogens with zero attached hydrogens (tertiary/aromatic N) is 4. The molecule has 0 aliphatic carbocycles. The molecule has 2 aromatic heterocycles. The van der Waals surface area contributed by atoms with Gasteiger partial charge >= 0.3 is 0 Å². The highest BCUT2D eigenvalue weighted by Crippen LogP contribution is 2.43. The van der Waals surface area contributed by atoms with Gasteiger partial charge in [-0.15, -0.1) is 0 Å². The summed E-state index contributed by atoms with van der Waals surface area (Å²) in [6, 6.07) is 10.1. The normalized spacial score (nSPS) is 20.4. The molecule has 2 aliphatic heterocycles. The largest absolute Gasteiger partial charge is 0.496 e. The fourth-order valence-corrected chi connectivity index (χ4v) is 4.65. The number of carbonyl (C=O) groups is 1. The predicted octanol–water partition coefficient (Wildman–Crippen LogP) is 2.64. The van der Waals surface area contributed by atoms with E-state index in [0.717, 1.165) is 53.2 Å². The molecule has 3 aromatic rings. The Labute approximate surface area is 162 Å². The van der Waals surface area contributed by atoms with E-state index in [2.05, 4.69) is 4.98 Å². The van der Waals surface area contributed by atoms with Gasteiger partial charge in [0.15, 0.2) is 5.65 Å². The summed E-state index contributed by atoms with van der Waals surface area (Å²) in [6.45, 7) is 0.123. The molecule has 0 saturated carbocycles. The molecule has 1 fully saturated rings. The Morgan fingerprint density at radius 1 is 1.25 bits per heavy atom. The van der Waals surface area contributed by atoms with Crippen LogP contribution in [0.15, 0.2) is 36.5 Å². The van der Waals surface area contributed by atoms with Gasteiger partial charge in [0.2, 0.25) is 5.91 Å². The lowest BCUT2D eigenvalue weighted by Crippen LogP contribution is -2.44. The highest BCUT2D eigenvalue weighted by atomic mass is 16.5. The predicted molar refractivity (Wildman–Crippen MR) is 103 cm³/mol. The minimum atomic E-state index is 0.0518. The number of para-hydroxylation sites is 1. The van der Waals surface area contributed by atoms with Crippen molar-refractivity contribution in [1.82, 2.24) is 19.5 Å². The minimum Gasteiger partial charge on any atom is -0.496 e. The van der Waals surface area contributed by atoms with Gasteiger partial charge in [0.05, 0.1) is 24.5 Å². The van der Waals surface area contributed by atoms with E-state index in [9.17, 15) is 4.79 Å². The molecule has 7 nitrogen and oxygen atoms in total. The summed E-state index contributed by atoms with van der Waals surface area (Å²) in [6.07, 6.45) is 4.66. The number of ether oxygens (including phenoxy) is 2. The maximum atomic E-state index is 12.5. The number of fused-ring (bicyclic) bond motifs is 6. The Balaban J connectivity index is 1.60. The quantitative estimate of drug-likeness (QED) is 0.698. The maximum absolute atomic E-state index is 12.5. The zero-order chi connectivity index (χ0) is 19.3. The van der Waals surface area contributed by atoms with E-state index < -0.39 is 0 Å². The summed E-state index contributed by atoms with van der Waals surface area (Å²) in [7, 11) is 3.23. The van der Waals surface area contributed by atoms with Crippen molar-refractivity contribution in [2.24, 2.45) is 0 Å². The van der Waals surface area contributed by atoms with Crippen molar-refractivity contribution in [3.63, 3.8) is 0 Å². The molecule has 1 aromatic carbocycles. The van der Waals surface area contributed by atoms with Gasteiger partial charge in [-0.2, -0.15) is 5.10 Å². The van der Waals surface area contributed by atoms with Crippen molar-refractivity contribution >= 4 is 11.6 Å². The number of hydrogen-bond acceptors (Lipinski definition) is 5. The first-order valence-corrected chi connectivity index (χ1v) is 9.52. The summed E-state index contributed by atoms with van der Waals surface area (Å²) in [5.74, 6) is 0.840. The van der Waals surface area contributed by atoms with Gasteiger partial charge in [-0.1, -0.05) is 12.1 Å². The highest BCUT2D eigenvalue weighted by Gasteiger charge is 2.43. The van der Waals surface area contributed by atoms with Crippen LogP contribution in [0.3, 0.4) is 0 Å². The smallest absolute Gasteiger partial charge is 0.249 e. The third-order valence-electron chi connectivity index (χ3n) is 5.84. The second kappa shape index (κ2) is 6.60. The van der Waals surface area contributed by atoms with Crippen LogP contribution in [0.5, 0.6) is 5.75 Å². The lowest BCUT2D eigenvalue weighted by Gasteiger charge is -2.36. The molecule has 4 heterocycles. The van der Waals surface area contributed by atoms with E-state index in [0.29, 0.717) is 0 Å². The average Bonchev–Trinajstić information content (AvgIpc) is 3.29. The zero-order valence-corrected chi connectivity index (χ0v) is 16.0. The van der Waals surface area contributed by atoms with Gasteiger partial charge in [-0.05, 0) is 25.0 Å². The number of aromatic nitrogens is 3. The molecule has 28 heavy (non-hydrogen) atoms. The van der Waals surface area contributed by atoms with Crippen molar-refractivity contribution in [1.29, 1.82) is 0 Å². The molecule has 5 rings (SSSR count). The molecule has 7 heteroatoms. The van der Waals surface area contributed by atoms with Crippen LogP contribution in [0.4, 0.5) is 0 Å². The van der Waals surface area contributed by atoms with E-state index >= 15 is 0 Å². The molecule has 1 saturated heterocycles. The number of benzene rings is 1. The fraction of sp³-hybridized carbons (Fsp3) is 0.381. The van der Waals surface area contributed by atoms with Crippen LogP contribution in [-0.2, 0) is 16.0 Å². The van der Waals surface area contributed by atoms with Crippen molar-refractivity contribution in [3.05, 3.63) is 47.8 Å². The van der Waals surface area contributed by atoms with Crippen molar-refractivity contribution < 1.29 is 14.3 Å². The van der Waals surface area contributed by atoms with E-state index in [1.165, 1.54) is 0 Å². The second-order valence-electron chi connectivity index (χ2n) is 7.35. The molecule has 0 N–H and O–H groups in total. The van der Waals surface area contributed by atoms with Crippen molar-refractivity contribution in [3.8, 4) is 17.0 Å². The van der Waals surface area contributed by atoms with E-state index in [-0.39, 0.29) is 24.6 Å². The molecule has 1 amide bonds. The Hall–Kier alpha value is -2.93. The van der Waals surface area contributed by atoms with Crippen LogP contribution >= 0.6 is 0 Å². The van der Waals surface area contributed by atoms with Gasteiger partial charge in [0.25, 0.3) is 0 Å². The first-order chi connectivity index (χ1) is 13.7. The molecule has 2 atom stereocenters. The third kappa shape index (κ3) is 2.50. The van der Waals surface area contributed by atoms with Crippen LogP contribution in [0, 0.1) is 0 Å². The SMILES string of the molecule is COCC(=O)N1C2CCC1c1cnc3cc(-c4ccccc4OC)nn3c1C2. The van der Waals surface area contributed by atoms with Gasteiger partial charge in [0, 0.05) is 43.0 Å². The Bertz CT molecular complexity index is 1060. The monoisotopic (exact) mass is 378 g/mol. The number of hydrogen-bond donors (Lipinski definition) is 0. The number of rotatable bonds is 4. The summed E-state index contributed by atoms with van der Waals surface area (Å²) in [4.78, 5) is 19.2. The fourth-order valence-electron chi connectivity index (χ4n) is 4.65. The van der Waals surface area contributed by atoms with Crippen LogP contribution in [-0.4, -0.2) is 52.3 Å². The van der Waals surface area contributed by atoms with Gasteiger partial charge in [-0.3, -0.25) is 4.79 Å². The van der Waals surface area contributed by atoms with E-state index in [1.807, 2.05) is 45.9 Å². The van der Waals surface area contributed by atoms with Gasteiger partial charge in [0.1, 0.15) is 12.4 Å². The summed E-state index contributed by atoms with van der Waals surface area (Å²) in [5, 5.41) is 4.85. The summed E-state index contributed by atoms with van der Waals surface area (Å²) in [5.41, 5.74) is 4.85. The second-order valence-corrected chi connectivity index (χ2v) is 7.35. The standard InChI is InChI=1S/C21H22N4O3/c1-27-12-21(26)24-13-7-8-17(24)15-11-22-20-10-16(23-25(20)18(15)9-13)14-5-3-4-6-19(14)28-2/h3-6,10-11,13,17H,7-9,12H2,1-2H3. The molecule has 2 bridgehead atoms. The van der Waals surface area contributed by atoms with Crippen LogP contribution < -0.4 is 4.74 Å². The van der Waals surface area contributed by atoms with Crippen LogP contribution in [0.1, 0.15) is 30.1 Å². The summed E-state index contributed by atoms with van der Waals surface area (Å²) >= 11 is 0. The highest BCUT2D eigenvalue weighted by molar-refractivity contribution is 5.79. The van der Waals surface area contributed by atoms with Gasteiger partial charge < -0.3 is 14.4 Å². The summed E-state index contributed by atoms with van der Waals surface area (Å²) < 4.78 is 12.5. The molecule has 144 valence electrons. The molecular formula is C21H22N4O3. The topological polar surface area (TPSA) is 69.0 Å². The number of methoxy groups -OCH3 is 2. The average molecular weight is 378 g/mol. The lowest BCUT2D eigenvalue weighted by molar-refractivity contribution is -0.138. The van der Waals surface area contributed by atoms with Crippen molar-refractivity contribution in [2.75, 3.05) is 20.8 Å². The molecule has 2 aliphatic rings. The first kappa shape index (κ1) is 17.2. The zero-order valence-electron chi connectivity index (χ0n) is 16.0. The Morgan fingerprint density at radius 3 is 2.93 bits per heavy atom. The molecular weight excluding hydrogens is 356 g/mol. The Kier molecular flexibility index (Phi) is 4.05. The molecule has 2 unspecified atom stereocenters. The first-order valence-electron chi connectivity index (χ1n) is 9.52. The van der Waals surface area contributed by atoms with Crippen LogP contribution in [0.25, 0.3) is 16.9 Å². The molecule has 0 radical (unpaired) electrons. The van der Waals surface area contributed by atoms with Crippen LogP contribution in [0.2, 0.25) is 0 Å². The molecule has 0 spiro atoms. The maximum Gasteiger partial charge on any atom is 0.249 e. The van der Waals surface area contributed by atoms with E-state index in [1.54, 1.807) is 14.2 Å². The number of amides is 1. The van der Waals surface area contributed by atoms with Crippen molar-refractivity contribution in [2.45, 2.75) is 31.3 Å². The van der Waals surface area contributed by atoms with Gasteiger partial charge in [-0.25, -0.2) is 9.50 Å². The Morgan fingerprint density at radius 2 is 2.11 bits per heavy atom. The lowest BCUT2D eigenvalue weighted by atomic mass is 9.99. The number of carbonyl (C=O) groups excluding carboxylic acids is 1.